The van der Waals surface area contributed by atoms with Crippen LogP contribution in [-0.4, -0.2) is 28.8 Å². The van der Waals surface area contributed by atoms with Crippen LogP contribution in [0.3, 0.4) is 0 Å². The van der Waals surface area contributed by atoms with E-state index in [1.54, 1.807) is 25.4 Å². The summed E-state index contributed by atoms with van der Waals surface area (Å²) in [6.45, 7) is 3.63. The molecule has 0 unspecified atom stereocenters. The van der Waals surface area contributed by atoms with Gasteiger partial charge in [0, 0.05) is 25.7 Å². The van der Waals surface area contributed by atoms with Crippen molar-refractivity contribution in [2.45, 2.75) is 26.2 Å². The molecule has 0 bridgehead atoms. The highest BCUT2D eigenvalue weighted by molar-refractivity contribution is 6.05. The molecule has 6 heteroatoms. The summed E-state index contributed by atoms with van der Waals surface area (Å²) in [6.07, 6.45) is 4.83. The molecule has 1 aromatic heterocycles. The second-order valence-electron chi connectivity index (χ2n) is 6.20. The lowest BCUT2D eigenvalue weighted by Crippen LogP contribution is -2.37. The van der Waals surface area contributed by atoms with Gasteiger partial charge in [-0.3, -0.25) is 9.59 Å². The topological polar surface area (TPSA) is 67.2 Å². The van der Waals surface area contributed by atoms with Gasteiger partial charge in [0.15, 0.2) is 0 Å². The van der Waals surface area contributed by atoms with Gasteiger partial charge in [-0.25, -0.2) is 4.68 Å². The molecule has 0 aliphatic carbocycles. The van der Waals surface area contributed by atoms with Gasteiger partial charge in [-0.05, 0) is 38.3 Å². The standard InChI is InChI=1S/C18H22N4O2/c1-13-6-8-14(9-7-13)17(23)20-15-12-19-21(2)18(24)16(15)22-10-4-3-5-11-22/h6-9,12H,3-5,10-11H2,1-2H3,(H,20,23). The summed E-state index contributed by atoms with van der Waals surface area (Å²) in [6, 6.07) is 7.34. The number of aryl methyl sites for hydroxylation is 2. The van der Waals surface area contributed by atoms with Crippen LogP contribution in [0.1, 0.15) is 35.2 Å². The summed E-state index contributed by atoms with van der Waals surface area (Å²) in [4.78, 5) is 27.1. The Balaban J connectivity index is 1.92. The van der Waals surface area contributed by atoms with Crippen molar-refractivity contribution in [3.63, 3.8) is 0 Å². The van der Waals surface area contributed by atoms with Gasteiger partial charge in [0.1, 0.15) is 5.69 Å². The zero-order valence-electron chi connectivity index (χ0n) is 14.1. The smallest absolute Gasteiger partial charge is 0.292 e. The van der Waals surface area contributed by atoms with Crippen LogP contribution in [0.15, 0.2) is 35.3 Å². The minimum Gasteiger partial charge on any atom is -0.365 e. The number of anilines is 2. The molecule has 6 nitrogen and oxygen atoms in total. The number of nitrogens with one attached hydrogen (secondary N) is 1. The molecular formula is C18H22N4O2. The van der Waals surface area contributed by atoms with Gasteiger partial charge in [0.2, 0.25) is 0 Å². The van der Waals surface area contributed by atoms with Crippen molar-refractivity contribution in [3.8, 4) is 0 Å². The number of hydrogen-bond donors (Lipinski definition) is 1. The van der Waals surface area contributed by atoms with E-state index >= 15 is 0 Å². The predicted molar refractivity (Wildman–Crippen MR) is 94.7 cm³/mol. The Morgan fingerprint density at radius 2 is 1.79 bits per heavy atom. The van der Waals surface area contributed by atoms with E-state index in [0.29, 0.717) is 16.9 Å². The highest BCUT2D eigenvalue weighted by atomic mass is 16.2. The maximum absolute atomic E-state index is 12.6. The molecule has 1 saturated heterocycles. The van der Waals surface area contributed by atoms with Crippen LogP contribution in [0.2, 0.25) is 0 Å². The first-order chi connectivity index (χ1) is 11.6. The lowest BCUT2D eigenvalue weighted by Gasteiger charge is -2.29. The van der Waals surface area contributed by atoms with Crippen LogP contribution in [0.5, 0.6) is 0 Å². The van der Waals surface area contributed by atoms with Crippen LogP contribution in [0, 0.1) is 6.92 Å². The summed E-state index contributed by atoms with van der Waals surface area (Å²) in [5.41, 5.74) is 2.48. The van der Waals surface area contributed by atoms with E-state index in [2.05, 4.69) is 15.3 Å². The van der Waals surface area contributed by atoms with Crippen LogP contribution in [-0.2, 0) is 7.05 Å². The number of piperidine rings is 1. The zero-order valence-corrected chi connectivity index (χ0v) is 14.1. The number of carbonyl (C=O) groups excluding carboxylic acids is 1. The van der Waals surface area contributed by atoms with Gasteiger partial charge >= 0.3 is 0 Å². The van der Waals surface area contributed by atoms with Gasteiger partial charge in [0.25, 0.3) is 11.5 Å². The second kappa shape index (κ2) is 6.86. The number of benzene rings is 1. The lowest BCUT2D eigenvalue weighted by molar-refractivity contribution is 0.102. The van der Waals surface area contributed by atoms with Gasteiger partial charge in [-0.15, -0.1) is 0 Å². The van der Waals surface area contributed by atoms with Gasteiger partial charge in [-0.2, -0.15) is 5.10 Å². The number of nitrogens with zero attached hydrogens (tertiary/aromatic N) is 3. The van der Waals surface area contributed by atoms with E-state index in [9.17, 15) is 9.59 Å². The fraction of sp³-hybridized carbons (Fsp3) is 0.389. The quantitative estimate of drug-likeness (QED) is 0.940. The fourth-order valence-electron chi connectivity index (χ4n) is 2.94. The number of rotatable bonds is 3. The first-order valence-corrected chi connectivity index (χ1v) is 8.25. The number of hydrogen-bond acceptors (Lipinski definition) is 4. The van der Waals surface area contributed by atoms with E-state index in [1.807, 2.05) is 19.1 Å². The van der Waals surface area contributed by atoms with E-state index in [0.717, 1.165) is 31.5 Å². The van der Waals surface area contributed by atoms with Crippen molar-refractivity contribution in [2.75, 3.05) is 23.3 Å². The molecule has 1 N–H and O–H groups in total. The molecule has 1 fully saturated rings. The molecular weight excluding hydrogens is 304 g/mol. The van der Waals surface area contributed by atoms with Crippen LogP contribution >= 0.6 is 0 Å². The minimum atomic E-state index is -0.233. The van der Waals surface area contributed by atoms with Crippen LogP contribution in [0.25, 0.3) is 0 Å². The Labute approximate surface area is 141 Å². The normalized spacial score (nSPS) is 14.5. The monoisotopic (exact) mass is 326 g/mol. The summed E-state index contributed by atoms with van der Waals surface area (Å²) in [5.74, 6) is -0.233. The summed E-state index contributed by atoms with van der Waals surface area (Å²) < 4.78 is 1.31. The maximum atomic E-state index is 12.6. The van der Waals surface area contributed by atoms with Crippen molar-refractivity contribution in [3.05, 3.63) is 51.9 Å². The Morgan fingerprint density at radius 1 is 1.12 bits per heavy atom. The SMILES string of the molecule is Cc1ccc(C(=O)Nc2cnn(C)c(=O)c2N2CCCCC2)cc1. The number of aromatic nitrogens is 2. The molecule has 1 aliphatic rings. The maximum Gasteiger partial charge on any atom is 0.292 e. The molecule has 2 aromatic rings. The van der Waals surface area contributed by atoms with Crippen molar-refractivity contribution in [1.29, 1.82) is 0 Å². The van der Waals surface area contributed by atoms with Crippen LogP contribution in [0.4, 0.5) is 11.4 Å². The lowest BCUT2D eigenvalue weighted by atomic mass is 10.1. The van der Waals surface area contributed by atoms with E-state index < -0.39 is 0 Å². The third-order valence-corrected chi connectivity index (χ3v) is 4.35. The fourth-order valence-corrected chi connectivity index (χ4v) is 2.94. The average molecular weight is 326 g/mol. The summed E-state index contributed by atoms with van der Waals surface area (Å²) in [7, 11) is 1.63. The Morgan fingerprint density at radius 3 is 2.46 bits per heavy atom. The van der Waals surface area contributed by atoms with Crippen molar-refractivity contribution in [1.82, 2.24) is 9.78 Å². The molecule has 24 heavy (non-hydrogen) atoms. The van der Waals surface area contributed by atoms with Gasteiger partial charge in [0.05, 0.1) is 11.9 Å². The van der Waals surface area contributed by atoms with Gasteiger partial charge in [-0.1, -0.05) is 17.7 Å². The van der Waals surface area contributed by atoms with E-state index in [4.69, 9.17) is 0 Å². The minimum absolute atomic E-state index is 0.182. The van der Waals surface area contributed by atoms with E-state index in [-0.39, 0.29) is 11.5 Å². The van der Waals surface area contributed by atoms with E-state index in [1.165, 1.54) is 11.1 Å². The predicted octanol–water partition coefficient (Wildman–Crippen LogP) is 2.33. The molecule has 0 saturated carbocycles. The Kier molecular flexibility index (Phi) is 4.64. The molecule has 0 atom stereocenters. The highest BCUT2D eigenvalue weighted by Gasteiger charge is 2.21. The van der Waals surface area contributed by atoms with Crippen molar-refractivity contribution < 1.29 is 4.79 Å². The number of carbonyl (C=O) groups is 1. The average Bonchev–Trinajstić information content (AvgIpc) is 2.60. The largest absolute Gasteiger partial charge is 0.365 e. The second-order valence-corrected chi connectivity index (χ2v) is 6.20. The third kappa shape index (κ3) is 3.32. The number of amides is 1. The summed E-state index contributed by atoms with van der Waals surface area (Å²) in [5, 5.41) is 6.91. The first kappa shape index (κ1) is 16.2. The third-order valence-electron chi connectivity index (χ3n) is 4.35. The molecule has 1 aromatic carbocycles. The summed E-state index contributed by atoms with van der Waals surface area (Å²) >= 11 is 0. The van der Waals surface area contributed by atoms with Crippen molar-refractivity contribution in [2.24, 2.45) is 7.05 Å². The van der Waals surface area contributed by atoms with Crippen molar-refractivity contribution >= 4 is 17.3 Å². The molecule has 126 valence electrons. The molecule has 0 radical (unpaired) electrons. The van der Waals surface area contributed by atoms with Crippen LogP contribution < -0.4 is 15.8 Å². The molecule has 3 rings (SSSR count). The zero-order chi connectivity index (χ0) is 17.1. The molecule has 1 amide bonds. The molecule has 0 spiro atoms. The molecule has 1 aliphatic heterocycles. The highest BCUT2D eigenvalue weighted by Crippen LogP contribution is 2.24. The van der Waals surface area contributed by atoms with Gasteiger partial charge < -0.3 is 10.2 Å². The first-order valence-electron chi connectivity index (χ1n) is 8.25. The Bertz CT molecular complexity index is 790. The molecule has 2 heterocycles. The Hall–Kier alpha value is -2.63.